The second-order valence-corrected chi connectivity index (χ2v) is 9.64. The molecule has 0 saturated heterocycles. The molecule has 0 aromatic rings. The van der Waals surface area contributed by atoms with E-state index in [2.05, 4.69) is 13.8 Å². The van der Waals surface area contributed by atoms with Crippen molar-refractivity contribution in [3.05, 3.63) is 0 Å². The molecule has 0 amide bonds. The third-order valence-corrected chi connectivity index (χ3v) is 8.71. The summed E-state index contributed by atoms with van der Waals surface area (Å²) < 4.78 is 0. The smallest absolute Gasteiger partial charge is 0.133 e. The van der Waals surface area contributed by atoms with Crippen LogP contribution in [0.1, 0.15) is 78.6 Å². The van der Waals surface area contributed by atoms with Gasteiger partial charge in [0.05, 0.1) is 0 Å². The summed E-state index contributed by atoms with van der Waals surface area (Å²) in [7, 11) is 0. The van der Waals surface area contributed by atoms with Gasteiger partial charge in [0.2, 0.25) is 0 Å². The predicted octanol–water partition coefficient (Wildman–Crippen LogP) is 5.48. The molecule has 0 aromatic heterocycles. The molecule has 22 heavy (non-hydrogen) atoms. The van der Waals surface area contributed by atoms with E-state index in [1.54, 1.807) is 0 Å². The Balaban J connectivity index is 1.56. The van der Waals surface area contributed by atoms with Crippen LogP contribution in [0.5, 0.6) is 0 Å². The number of fused-ring (bicyclic) bond motifs is 5. The lowest BCUT2D eigenvalue weighted by atomic mass is 9.49. The van der Waals surface area contributed by atoms with Crippen LogP contribution in [0.3, 0.4) is 0 Å². The van der Waals surface area contributed by atoms with Crippen LogP contribution < -0.4 is 0 Å². The van der Waals surface area contributed by atoms with E-state index in [9.17, 15) is 4.79 Å². The molecule has 0 bridgehead atoms. The number of ketones is 1. The Morgan fingerprint density at radius 3 is 2.45 bits per heavy atom. The molecule has 4 saturated carbocycles. The van der Waals surface area contributed by atoms with Gasteiger partial charge in [0.1, 0.15) is 5.78 Å². The molecule has 4 rings (SSSR count). The van der Waals surface area contributed by atoms with Crippen LogP contribution in [0, 0.1) is 46.8 Å². The summed E-state index contributed by atoms with van der Waals surface area (Å²) in [6, 6.07) is 0. The number of carbonyl (C=O) groups is 1. The highest BCUT2D eigenvalue weighted by Gasteiger charge is 2.57. The van der Waals surface area contributed by atoms with Crippen LogP contribution in [-0.2, 0) is 4.79 Å². The van der Waals surface area contributed by atoms with Crippen molar-refractivity contribution in [1.29, 1.82) is 0 Å². The van der Waals surface area contributed by atoms with Gasteiger partial charge >= 0.3 is 0 Å². The molecule has 8 atom stereocenters. The molecule has 0 aliphatic heterocycles. The van der Waals surface area contributed by atoms with E-state index in [1.807, 2.05) is 6.92 Å². The van der Waals surface area contributed by atoms with E-state index in [0.29, 0.717) is 17.1 Å². The van der Waals surface area contributed by atoms with Crippen LogP contribution in [0.2, 0.25) is 0 Å². The molecule has 124 valence electrons. The third-order valence-electron chi connectivity index (χ3n) is 8.71. The van der Waals surface area contributed by atoms with Gasteiger partial charge in [-0.1, -0.05) is 20.3 Å². The summed E-state index contributed by atoms with van der Waals surface area (Å²) >= 11 is 0. The second kappa shape index (κ2) is 5.35. The first-order valence-corrected chi connectivity index (χ1v) is 10.0. The normalized spacial score (nSPS) is 54.2. The summed E-state index contributed by atoms with van der Waals surface area (Å²) in [4.78, 5) is 12.1. The van der Waals surface area contributed by atoms with Crippen LogP contribution in [0.25, 0.3) is 0 Å². The summed E-state index contributed by atoms with van der Waals surface area (Å²) in [5, 5.41) is 0. The van der Waals surface area contributed by atoms with Crippen molar-refractivity contribution in [3.63, 3.8) is 0 Å². The minimum atomic E-state index is 0.349. The van der Waals surface area contributed by atoms with Gasteiger partial charge in [0.25, 0.3) is 0 Å². The van der Waals surface area contributed by atoms with E-state index < -0.39 is 0 Å². The van der Waals surface area contributed by atoms with E-state index in [4.69, 9.17) is 0 Å². The average molecular weight is 303 g/mol. The molecule has 1 heteroatoms. The standard InChI is InChI=1S/C21H34O/c1-13-4-6-16-15(12-13)5-7-18-17(16)10-11-21(3)19(14(2)22)8-9-20(18)21/h13,15-20H,4-12H2,1-3H3/t13-,15+,16-,17+,18+,19+,20?,21+/m0/s1. The SMILES string of the molecule is CC(=O)[C@H]1CCC2[C@@H]3CC[C@@H]4C[C@@H](C)CC[C@@H]4[C@H]3CC[C@@]21C. The van der Waals surface area contributed by atoms with E-state index >= 15 is 0 Å². The number of carbonyl (C=O) groups excluding carboxylic acids is 1. The number of hydrogen-bond donors (Lipinski definition) is 0. The molecule has 1 unspecified atom stereocenters. The van der Waals surface area contributed by atoms with Crippen LogP contribution in [0.15, 0.2) is 0 Å². The molecule has 4 aliphatic carbocycles. The zero-order chi connectivity index (χ0) is 15.5. The largest absolute Gasteiger partial charge is 0.300 e. The molecule has 0 heterocycles. The second-order valence-electron chi connectivity index (χ2n) is 9.64. The Morgan fingerprint density at radius 2 is 1.68 bits per heavy atom. The first kappa shape index (κ1) is 15.2. The van der Waals surface area contributed by atoms with E-state index in [0.717, 1.165) is 35.5 Å². The minimum absolute atomic E-state index is 0.349. The van der Waals surface area contributed by atoms with Crippen molar-refractivity contribution < 1.29 is 4.79 Å². The molecule has 4 aliphatic rings. The Hall–Kier alpha value is -0.330. The van der Waals surface area contributed by atoms with Gasteiger partial charge in [-0.25, -0.2) is 0 Å². The Bertz CT molecular complexity index is 455. The van der Waals surface area contributed by atoms with Gasteiger partial charge < -0.3 is 0 Å². The Labute approximate surface area is 136 Å². The van der Waals surface area contributed by atoms with Gasteiger partial charge in [0, 0.05) is 5.92 Å². The molecule has 0 aromatic carbocycles. The summed E-state index contributed by atoms with van der Waals surface area (Å²) in [6.07, 6.45) is 12.7. The van der Waals surface area contributed by atoms with Gasteiger partial charge in [0.15, 0.2) is 0 Å². The fourth-order valence-corrected chi connectivity index (χ4v) is 7.76. The van der Waals surface area contributed by atoms with Crippen molar-refractivity contribution >= 4 is 5.78 Å². The van der Waals surface area contributed by atoms with Gasteiger partial charge in [-0.05, 0) is 99.2 Å². The highest BCUT2D eigenvalue weighted by Crippen LogP contribution is 2.64. The maximum Gasteiger partial charge on any atom is 0.133 e. The van der Waals surface area contributed by atoms with Crippen LogP contribution in [0.4, 0.5) is 0 Å². The number of hydrogen-bond acceptors (Lipinski definition) is 1. The lowest BCUT2D eigenvalue weighted by Gasteiger charge is -2.56. The lowest BCUT2D eigenvalue weighted by molar-refractivity contribution is -0.128. The zero-order valence-corrected chi connectivity index (χ0v) is 14.8. The molecular formula is C21H34O. The summed E-state index contributed by atoms with van der Waals surface area (Å²) in [6.45, 7) is 6.79. The van der Waals surface area contributed by atoms with Crippen molar-refractivity contribution in [2.45, 2.75) is 78.6 Å². The molecule has 1 nitrogen and oxygen atoms in total. The monoisotopic (exact) mass is 302 g/mol. The zero-order valence-electron chi connectivity index (χ0n) is 14.8. The van der Waals surface area contributed by atoms with Crippen molar-refractivity contribution in [1.82, 2.24) is 0 Å². The molecular weight excluding hydrogens is 268 g/mol. The summed E-state index contributed by atoms with van der Waals surface area (Å²) in [5.74, 6) is 6.73. The van der Waals surface area contributed by atoms with Crippen molar-refractivity contribution in [2.24, 2.45) is 46.8 Å². The minimum Gasteiger partial charge on any atom is -0.300 e. The molecule has 0 spiro atoms. The van der Waals surface area contributed by atoms with Crippen LogP contribution >= 0.6 is 0 Å². The fourth-order valence-electron chi connectivity index (χ4n) is 7.76. The van der Waals surface area contributed by atoms with Gasteiger partial charge in [-0.2, -0.15) is 0 Å². The third kappa shape index (κ3) is 2.13. The number of Topliss-reactive ketones (excluding diaryl/α,β-unsaturated/α-hetero) is 1. The maximum atomic E-state index is 12.1. The fraction of sp³-hybridized carbons (Fsp3) is 0.952. The van der Waals surface area contributed by atoms with E-state index in [-0.39, 0.29) is 0 Å². The first-order chi connectivity index (χ1) is 10.5. The lowest BCUT2D eigenvalue weighted by Crippen LogP contribution is -2.49. The summed E-state index contributed by atoms with van der Waals surface area (Å²) in [5.41, 5.74) is 0.349. The highest BCUT2D eigenvalue weighted by atomic mass is 16.1. The van der Waals surface area contributed by atoms with Gasteiger partial charge in [-0.3, -0.25) is 4.79 Å². The topological polar surface area (TPSA) is 17.1 Å². The Morgan fingerprint density at radius 1 is 0.909 bits per heavy atom. The predicted molar refractivity (Wildman–Crippen MR) is 90.4 cm³/mol. The van der Waals surface area contributed by atoms with Crippen molar-refractivity contribution in [2.75, 3.05) is 0 Å². The molecule has 4 fully saturated rings. The number of rotatable bonds is 1. The van der Waals surface area contributed by atoms with E-state index in [1.165, 1.54) is 57.8 Å². The van der Waals surface area contributed by atoms with Crippen LogP contribution in [-0.4, -0.2) is 5.78 Å². The van der Waals surface area contributed by atoms with Gasteiger partial charge in [-0.15, -0.1) is 0 Å². The van der Waals surface area contributed by atoms with Crippen molar-refractivity contribution in [3.8, 4) is 0 Å². The Kier molecular flexibility index (Phi) is 3.70. The highest BCUT2D eigenvalue weighted by molar-refractivity contribution is 5.79. The molecule has 0 radical (unpaired) electrons. The quantitative estimate of drug-likeness (QED) is 0.627. The average Bonchev–Trinajstić information content (AvgIpc) is 2.84. The molecule has 0 N–H and O–H groups in total. The first-order valence-electron chi connectivity index (χ1n) is 10.0. The maximum absolute atomic E-state index is 12.1.